The monoisotopic (exact) mass is 574 g/mol. The molecule has 0 aliphatic carbocycles. The molecule has 5 N–H and O–H groups in total. The second kappa shape index (κ2) is 12.7. The number of rotatable bonds is 7. The summed E-state index contributed by atoms with van der Waals surface area (Å²) in [6.07, 6.45) is 2.77. The number of halogens is 1. The lowest BCUT2D eigenvalue weighted by atomic mass is 9.84. The zero-order chi connectivity index (χ0) is 28.4. The molecule has 3 amide bonds. The van der Waals surface area contributed by atoms with Gasteiger partial charge in [0.25, 0.3) is 0 Å². The first kappa shape index (κ1) is 31.5. The Balaban J connectivity index is 0.00000441. The van der Waals surface area contributed by atoms with Gasteiger partial charge in [-0.05, 0) is 63.0 Å². The Morgan fingerprint density at radius 3 is 2.17 bits per heavy atom. The van der Waals surface area contributed by atoms with Crippen LogP contribution in [0.25, 0.3) is 5.69 Å². The van der Waals surface area contributed by atoms with E-state index in [9.17, 15) is 14.4 Å². The van der Waals surface area contributed by atoms with Crippen LogP contribution in [0.4, 0.5) is 10.6 Å². The number of nitrogens with two attached hydrogens (primary N) is 2. The Hall–Kier alpha value is -2.99. The molecule has 0 bridgehead atoms. The number of piperazine rings is 1. The van der Waals surface area contributed by atoms with Crippen molar-refractivity contribution in [3.63, 3.8) is 0 Å². The maximum absolute atomic E-state index is 12.8. The van der Waals surface area contributed by atoms with E-state index < -0.39 is 11.2 Å². The Morgan fingerprint density at radius 1 is 1.00 bits per heavy atom. The zero-order valence-corrected chi connectivity index (χ0v) is 24.7. The third-order valence-corrected chi connectivity index (χ3v) is 7.69. The number of hydrogen-bond donors (Lipinski definition) is 3. The molecular weight excluding hydrogens is 532 g/mol. The highest BCUT2D eigenvalue weighted by Crippen LogP contribution is 2.28. The van der Waals surface area contributed by atoms with Crippen molar-refractivity contribution in [1.82, 2.24) is 24.3 Å². The molecule has 2 aromatic rings. The molecule has 0 spiro atoms. The second-order valence-electron chi connectivity index (χ2n) is 12.0. The number of carbonyl (C=O) groups excluding carboxylic acids is 2. The van der Waals surface area contributed by atoms with Gasteiger partial charge in [0.1, 0.15) is 5.82 Å². The van der Waals surface area contributed by atoms with Crippen molar-refractivity contribution in [2.75, 3.05) is 57.7 Å². The molecule has 2 fully saturated rings. The molecule has 4 rings (SSSR count). The SMILES string of the molecule is CC(C)(N)C(=O)N1CCN(C(=O)Nc2ccn(-c3ccc(C(C)(C)CN4CCC(CN)C4)cc3)c(=O)n2)CC1.Cl. The molecule has 0 radical (unpaired) electrons. The number of likely N-dealkylation sites (tertiary alicyclic amines) is 1. The maximum atomic E-state index is 12.8. The number of nitrogens with one attached hydrogen (secondary N) is 1. The maximum Gasteiger partial charge on any atom is 0.354 e. The Bertz CT molecular complexity index is 1230. The average molecular weight is 575 g/mol. The van der Waals surface area contributed by atoms with Crippen LogP contribution >= 0.6 is 12.4 Å². The molecule has 220 valence electrons. The zero-order valence-electron chi connectivity index (χ0n) is 23.9. The molecule has 40 heavy (non-hydrogen) atoms. The minimum atomic E-state index is -0.947. The number of benzene rings is 1. The molecule has 1 unspecified atom stereocenters. The van der Waals surface area contributed by atoms with Crippen LogP contribution in [0, 0.1) is 5.92 Å². The lowest BCUT2D eigenvalue weighted by molar-refractivity contribution is -0.137. The van der Waals surface area contributed by atoms with Crippen molar-refractivity contribution in [1.29, 1.82) is 0 Å². The topological polar surface area (TPSA) is 143 Å². The first-order valence-electron chi connectivity index (χ1n) is 13.6. The Kier molecular flexibility index (Phi) is 9.99. The van der Waals surface area contributed by atoms with Gasteiger partial charge in [-0.25, -0.2) is 9.59 Å². The second-order valence-corrected chi connectivity index (χ2v) is 12.0. The molecule has 1 atom stereocenters. The highest BCUT2D eigenvalue weighted by molar-refractivity contribution is 5.89. The summed E-state index contributed by atoms with van der Waals surface area (Å²) < 4.78 is 1.46. The summed E-state index contributed by atoms with van der Waals surface area (Å²) in [7, 11) is 0. The molecule has 12 heteroatoms. The van der Waals surface area contributed by atoms with Gasteiger partial charge in [0.05, 0.1) is 11.2 Å². The summed E-state index contributed by atoms with van der Waals surface area (Å²) in [5.74, 6) is 0.624. The standard InChI is InChI=1S/C28H42N8O3.ClH/c1-27(2,19-33-11-9-20(17-29)18-33)21-5-7-22(8-6-21)36-12-10-23(32-26(36)39)31-25(38)35-15-13-34(14-16-35)24(37)28(3,4)30;/h5-8,10,12,20H,9,11,13-19,29-30H2,1-4H3,(H,31,32,38,39);1H. The van der Waals surface area contributed by atoms with Crippen LogP contribution in [-0.2, 0) is 10.2 Å². The largest absolute Gasteiger partial charge is 0.354 e. The highest BCUT2D eigenvalue weighted by Gasteiger charge is 2.32. The predicted octanol–water partition coefficient (Wildman–Crippen LogP) is 1.63. The third kappa shape index (κ3) is 7.39. The van der Waals surface area contributed by atoms with Crippen LogP contribution in [0.2, 0.25) is 0 Å². The number of amides is 3. The van der Waals surface area contributed by atoms with Gasteiger partial charge in [-0.3, -0.25) is 14.7 Å². The van der Waals surface area contributed by atoms with Gasteiger partial charge >= 0.3 is 11.7 Å². The van der Waals surface area contributed by atoms with Crippen LogP contribution in [0.15, 0.2) is 41.3 Å². The number of urea groups is 1. The molecule has 1 aromatic heterocycles. The summed E-state index contributed by atoms with van der Waals surface area (Å²) >= 11 is 0. The fourth-order valence-corrected chi connectivity index (χ4v) is 5.35. The Morgan fingerprint density at radius 2 is 1.62 bits per heavy atom. The van der Waals surface area contributed by atoms with Crippen molar-refractivity contribution in [2.45, 2.75) is 45.1 Å². The Labute approximate surface area is 242 Å². The van der Waals surface area contributed by atoms with Crippen molar-refractivity contribution in [3.05, 3.63) is 52.6 Å². The lowest BCUT2D eigenvalue weighted by Gasteiger charge is -2.37. The molecule has 2 aliphatic heterocycles. The molecule has 3 heterocycles. The van der Waals surface area contributed by atoms with E-state index >= 15 is 0 Å². The first-order chi connectivity index (χ1) is 18.4. The average Bonchev–Trinajstić information content (AvgIpc) is 3.35. The summed E-state index contributed by atoms with van der Waals surface area (Å²) in [5, 5.41) is 2.70. The molecule has 2 saturated heterocycles. The van der Waals surface area contributed by atoms with E-state index in [2.05, 4.69) is 41.2 Å². The van der Waals surface area contributed by atoms with Gasteiger partial charge in [0.2, 0.25) is 5.91 Å². The highest BCUT2D eigenvalue weighted by atomic mass is 35.5. The molecule has 2 aliphatic rings. The normalized spacial score (nSPS) is 18.4. The lowest BCUT2D eigenvalue weighted by Crippen LogP contribution is -2.58. The van der Waals surface area contributed by atoms with Crippen LogP contribution in [0.5, 0.6) is 0 Å². The first-order valence-corrected chi connectivity index (χ1v) is 13.6. The van der Waals surface area contributed by atoms with Gasteiger partial charge in [-0.15, -0.1) is 12.4 Å². The summed E-state index contributed by atoms with van der Waals surface area (Å²) in [6, 6.07) is 9.22. The molecule has 0 saturated carbocycles. The van der Waals surface area contributed by atoms with Crippen molar-refractivity contribution in [3.8, 4) is 5.69 Å². The summed E-state index contributed by atoms with van der Waals surface area (Å²) in [4.78, 5) is 47.7. The molecule has 1 aromatic carbocycles. The van der Waals surface area contributed by atoms with Crippen LogP contribution in [-0.4, -0.2) is 94.1 Å². The van der Waals surface area contributed by atoms with E-state index in [4.69, 9.17) is 11.5 Å². The van der Waals surface area contributed by atoms with Crippen LogP contribution in [0.1, 0.15) is 39.7 Å². The number of anilines is 1. The fraction of sp³-hybridized carbons (Fsp3) is 0.571. The van der Waals surface area contributed by atoms with Crippen molar-refractivity contribution < 1.29 is 9.59 Å². The minimum absolute atomic E-state index is 0. The van der Waals surface area contributed by atoms with Gasteiger partial charge in [0, 0.05) is 50.9 Å². The van der Waals surface area contributed by atoms with Gasteiger partial charge in [0.15, 0.2) is 0 Å². The van der Waals surface area contributed by atoms with Gasteiger partial charge in [-0.2, -0.15) is 4.98 Å². The summed E-state index contributed by atoms with van der Waals surface area (Å²) in [6.45, 7) is 13.2. The summed E-state index contributed by atoms with van der Waals surface area (Å²) in [5.41, 5.74) is 12.2. The van der Waals surface area contributed by atoms with E-state index in [-0.39, 0.29) is 35.6 Å². The number of nitrogens with zero attached hydrogens (tertiary/aromatic N) is 5. The van der Waals surface area contributed by atoms with Crippen LogP contribution < -0.4 is 22.5 Å². The van der Waals surface area contributed by atoms with E-state index in [1.165, 1.54) is 10.1 Å². The third-order valence-electron chi connectivity index (χ3n) is 7.69. The quantitative estimate of drug-likeness (QED) is 0.456. The van der Waals surface area contributed by atoms with Crippen molar-refractivity contribution in [2.24, 2.45) is 17.4 Å². The van der Waals surface area contributed by atoms with Gasteiger partial charge in [-0.1, -0.05) is 26.0 Å². The fourth-order valence-electron chi connectivity index (χ4n) is 5.35. The predicted molar refractivity (Wildman–Crippen MR) is 159 cm³/mol. The van der Waals surface area contributed by atoms with E-state index in [0.717, 1.165) is 32.6 Å². The van der Waals surface area contributed by atoms with Gasteiger partial charge < -0.3 is 26.2 Å². The number of hydrogen-bond acceptors (Lipinski definition) is 7. The molecular formula is C28H43ClN8O3. The smallest absolute Gasteiger partial charge is 0.338 e. The molecule has 11 nitrogen and oxygen atoms in total. The van der Waals surface area contributed by atoms with Crippen molar-refractivity contribution >= 4 is 30.2 Å². The minimum Gasteiger partial charge on any atom is -0.338 e. The van der Waals surface area contributed by atoms with E-state index in [0.29, 0.717) is 37.8 Å². The number of aromatic nitrogens is 2. The van der Waals surface area contributed by atoms with Crippen LogP contribution in [0.3, 0.4) is 0 Å². The van der Waals surface area contributed by atoms with E-state index in [1.807, 2.05) is 12.1 Å². The van der Waals surface area contributed by atoms with E-state index in [1.54, 1.807) is 35.9 Å². The number of carbonyl (C=O) groups is 2.